The first-order valence-corrected chi connectivity index (χ1v) is 16.1. The number of hydrogen-bond acceptors (Lipinski definition) is 11. The van der Waals surface area contributed by atoms with E-state index in [1.54, 1.807) is 0 Å². The van der Waals surface area contributed by atoms with E-state index in [0.29, 0.717) is 0 Å². The number of unbranched alkanes of at least 4 members (excludes halogenated alkanes) is 8. The van der Waals surface area contributed by atoms with Gasteiger partial charge >= 0.3 is 17.2 Å². The van der Waals surface area contributed by atoms with Crippen LogP contribution < -0.4 is 0 Å². The number of rotatable bonds is 24. The molecule has 0 bridgehead atoms. The summed E-state index contributed by atoms with van der Waals surface area (Å²) in [5.74, 6) is -0.737. The summed E-state index contributed by atoms with van der Waals surface area (Å²) in [5.41, 5.74) is -1.67. The largest absolute Gasteiger partial charge is 0.395 e. The second kappa shape index (κ2) is 25.2. The lowest BCUT2D eigenvalue weighted by Gasteiger charge is -2.42. The van der Waals surface area contributed by atoms with E-state index < -0.39 is 48.4 Å². The molecule has 0 radical (unpaired) electrons. The molecule has 0 aliphatic carbocycles. The van der Waals surface area contributed by atoms with Crippen molar-refractivity contribution in [3.63, 3.8) is 0 Å². The molecule has 0 spiro atoms. The van der Waals surface area contributed by atoms with Crippen LogP contribution in [0, 0.1) is 17.3 Å². The molecule has 0 aliphatic rings. The SMILES string of the molecule is CC(C)CCCCCCCOC(O)(OCCCCCCCC(C)C)C(CO)(CO)CO.OP(O)OP(O)O. The monoisotopic (exact) mass is 594 g/mol. The highest BCUT2D eigenvalue weighted by molar-refractivity contribution is 7.53. The Morgan fingerprint density at radius 2 is 0.868 bits per heavy atom. The predicted octanol–water partition coefficient (Wildman–Crippen LogP) is 4.05. The van der Waals surface area contributed by atoms with Crippen molar-refractivity contribution >= 4 is 17.2 Å². The van der Waals surface area contributed by atoms with Crippen molar-refractivity contribution in [3.8, 4) is 0 Å². The van der Waals surface area contributed by atoms with E-state index in [2.05, 4.69) is 32.0 Å². The molecule has 0 rings (SSSR count). The predicted molar refractivity (Wildman–Crippen MR) is 149 cm³/mol. The maximum absolute atomic E-state index is 11.0. The van der Waals surface area contributed by atoms with Gasteiger partial charge in [0.05, 0.1) is 33.0 Å². The van der Waals surface area contributed by atoms with Crippen molar-refractivity contribution in [2.75, 3.05) is 33.0 Å². The van der Waals surface area contributed by atoms with Crippen molar-refractivity contribution in [2.24, 2.45) is 17.3 Å². The van der Waals surface area contributed by atoms with Gasteiger partial charge in [0, 0.05) is 0 Å². The molecule has 0 saturated heterocycles. The highest BCUT2D eigenvalue weighted by atomic mass is 31.2. The molecule has 0 aliphatic heterocycles. The molecule has 0 aromatic heterocycles. The molecule has 0 aromatic carbocycles. The van der Waals surface area contributed by atoms with Gasteiger partial charge in [-0.25, -0.2) is 4.31 Å². The third-order valence-electron chi connectivity index (χ3n) is 6.17. The first-order valence-electron chi connectivity index (χ1n) is 13.8. The van der Waals surface area contributed by atoms with Crippen LogP contribution >= 0.6 is 17.2 Å². The maximum Gasteiger partial charge on any atom is 0.334 e. The lowest BCUT2D eigenvalue weighted by atomic mass is 9.87. The summed E-state index contributed by atoms with van der Waals surface area (Å²) in [5, 5.41) is 40.3. The van der Waals surface area contributed by atoms with Crippen LogP contribution in [0.25, 0.3) is 0 Å². The number of aliphatic hydroxyl groups is 4. The zero-order chi connectivity index (χ0) is 29.5. The summed E-state index contributed by atoms with van der Waals surface area (Å²) in [6.45, 7) is 7.52. The fourth-order valence-corrected chi connectivity index (χ4v) is 4.18. The molecular formula is C25H56O11P2. The second-order valence-electron chi connectivity index (χ2n) is 10.5. The minimum absolute atomic E-state index is 0.248. The molecule has 11 nitrogen and oxygen atoms in total. The third kappa shape index (κ3) is 21.2. The van der Waals surface area contributed by atoms with E-state index in [-0.39, 0.29) is 13.2 Å². The minimum Gasteiger partial charge on any atom is -0.395 e. The highest BCUT2D eigenvalue weighted by Gasteiger charge is 2.53. The van der Waals surface area contributed by atoms with Gasteiger partial charge in [-0.2, -0.15) is 0 Å². The normalized spacial score (nSPS) is 12.6. The van der Waals surface area contributed by atoms with Crippen LogP contribution in [0.4, 0.5) is 0 Å². The van der Waals surface area contributed by atoms with E-state index in [1.165, 1.54) is 38.5 Å². The molecule has 0 unspecified atom stereocenters. The smallest absolute Gasteiger partial charge is 0.334 e. The third-order valence-corrected chi connectivity index (χ3v) is 7.34. The molecule has 232 valence electrons. The zero-order valence-electron chi connectivity index (χ0n) is 23.9. The first-order chi connectivity index (χ1) is 17.9. The zero-order valence-corrected chi connectivity index (χ0v) is 25.7. The van der Waals surface area contributed by atoms with Gasteiger partial charge in [0.25, 0.3) is 5.97 Å². The van der Waals surface area contributed by atoms with Crippen molar-refractivity contribution in [3.05, 3.63) is 0 Å². The fourth-order valence-electron chi connectivity index (χ4n) is 3.65. The molecule has 0 heterocycles. The topological polar surface area (TPSA) is 190 Å². The average Bonchev–Trinajstić information content (AvgIpc) is 2.83. The Bertz CT molecular complexity index is 469. The lowest BCUT2D eigenvalue weighted by Crippen LogP contribution is -2.59. The molecule has 0 aromatic rings. The van der Waals surface area contributed by atoms with Gasteiger partial charge in [-0.3, -0.25) is 0 Å². The summed E-state index contributed by atoms with van der Waals surface area (Å²) in [6, 6.07) is 0. The number of aliphatic hydroxyl groups excluding tert-OH is 3. The van der Waals surface area contributed by atoms with Gasteiger partial charge in [0.1, 0.15) is 5.41 Å². The van der Waals surface area contributed by atoms with Crippen LogP contribution in [-0.4, -0.2) is 79.0 Å². The molecule has 0 fully saturated rings. The standard InChI is InChI=1S/C25H52O6.H4O5P2/c1-22(2)15-11-7-5-9-13-17-30-25(29,24(19-26,20-27)21-28)31-18-14-10-6-8-12-16-23(3)4;1-6(2)5-7(3)4/h22-23,26-29H,5-21H2,1-4H3;1-4H. The van der Waals surface area contributed by atoms with Gasteiger partial charge in [-0.15, -0.1) is 0 Å². The molecule has 38 heavy (non-hydrogen) atoms. The quantitative estimate of drug-likeness (QED) is 0.0457. The molecular weight excluding hydrogens is 538 g/mol. The Hall–Kier alpha value is 0.420. The van der Waals surface area contributed by atoms with Crippen LogP contribution in [0.3, 0.4) is 0 Å². The Labute approximate surface area is 232 Å². The average molecular weight is 595 g/mol. The Kier molecular flexibility index (Phi) is 26.8. The fraction of sp³-hybridized carbons (Fsp3) is 1.00. The van der Waals surface area contributed by atoms with Gasteiger partial charge in [0.15, 0.2) is 0 Å². The lowest BCUT2D eigenvalue weighted by molar-refractivity contribution is -0.426. The van der Waals surface area contributed by atoms with Crippen molar-refractivity contribution in [1.82, 2.24) is 0 Å². The van der Waals surface area contributed by atoms with E-state index in [4.69, 9.17) is 29.0 Å². The van der Waals surface area contributed by atoms with Crippen molar-refractivity contribution < 1.29 is 53.8 Å². The van der Waals surface area contributed by atoms with Gasteiger partial charge < -0.3 is 49.5 Å². The number of hydrogen-bond donors (Lipinski definition) is 8. The van der Waals surface area contributed by atoms with Gasteiger partial charge in [-0.1, -0.05) is 91.9 Å². The first kappa shape index (κ1) is 40.6. The van der Waals surface area contributed by atoms with E-state index >= 15 is 0 Å². The summed E-state index contributed by atoms with van der Waals surface area (Å²) >= 11 is 0. The minimum atomic E-state index is -2.61. The van der Waals surface area contributed by atoms with Crippen LogP contribution in [-0.2, 0) is 13.8 Å². The van der Waals surface area contributed by atoms with Crippen molar-refractivity contribution in [1.29, 1.82) is 0 Å². The summed E-state index contributed by atoms with van der Waals surface area (Å²) < 4.78 is 14.9. The Balaban J connectivity index is 0. The summed E-state index contributed by atoms with van der Waals surface area (Å²) in [6.07, 6.45) is 13.0. The molecule has 13 heteroatoms. The maximum atomic E-state index is 11.0. The van der Waals surface area contributed by atoms with Crippen LogP contribution in [0.2, 0.25) is 0 Å². The van der Waals surface area contributed by atoms with Gasteiger partial charge in [0.2, 0.25) is 0 Å². The van der Waals surface area contributed by atoms with Crippen molar-refractivity contribution in [2.45, 2.75) is 111 Å². The molecule has 0 atom stereocenters. The van der Waals surface area contributed by atoms with E-state index in [1.807, 2.05) is 0 Å². The Morgan fingerprint density at radius 3 is 1.13 bits per heavy atom. The van der Waals surface area contributed by atoms with Crippen LogP contribution in [0.15, 0.2) is 0 Å². The molecule has 0 amide bonds. The van der Waals surface area contributed by atoms with E-state index in [0.717, 1.165) is 50.4 Å². The highest BCUT2D eigenvalue weighted by Crippen LogP contribution is 2.41. The van der Waals surface area contributed by atoms with Gasteiger partial charge in [-0.05, 0) is 24.7 Å². The van der Waals surface area contributed by atoms with E-state index in [9.17, 15) is 20.4 Å². The van der Waals surface area contributed by atoms with Crippen LogP contribution in [0.5, 0.6) is 0 Å². The molecule has 8 N–H and O–H groups in total. The molecule has 0 saturated carbocycles. The Morgan fingerprint density at radius 1 is 0.553 bits per heavy atom. The number of ether oxygens (including phenoxy) is 2. The second-order valence-corrected chi connectivity index (χ2v) is 12.2. The van der Waals surface area contributed by atoms with Crippen LogP contribution in [0.1, 0.15) is 105 Å². The summed E-state index contributed by atoms with van der Waals surface area (Å²) in [4.78, 5) is 31.3. The summed E-state index contributed by atoms with van der Waals surface area (Å²) in [7, 11) is -5.22.